The highest BCUT2D eigenvalue weighted by Crippen LogP contribution is 2.44. The summed E-state index contributed by atoms with van der Waals surface area (Å²) in [5.41, 5.74) is 4.68. The van der Waals surface area contributed by atoms with Crippen LogP contribution in [0.1, 0.15) is 30.4 Å². The van der Waals surface area contributed by atoms with Crippen LogP contribution in [0.2, 0.25) is 5.15 Å². The molecule has 0 atom stereocenters. The zero-order chi connectivity index (χ0) is 15.7. The van der Waals surface area contributed by atoms with Gasteiger partial charge < -0.3 is 4.90 Å². The fourth-order valence-corrected chi connectivity index (χ4v) is 2.87. The standard InChI is InChI=1S/C15H15ClF3N3/c16-14-12-8-22(7-1-5-20-9-15(17,18)19)13(10-2-3-10)11(12)4-6-21-14/h4-6H,1-3,7-9H2. The number of aliphatic imine (C=N–C) groups is 1. The molecule has 2 aliphatic rings. The number of hydrogen-bond acceptors (Lipinski definition) is 3. The van der Waals surface area contributed by atoms with Gasteiger partial charge in [-0.05, 0) is 30.9 Å². The molecule has 0 N–H and O–H groups in total. The molecule has 0 amide bonds. The van der Waals surface area contributed by atoms with Gasteiger partial charge >= 0.3 is 6.18 Å². The molecule has 1 aliphatic carbocycles. The van der Waals surface area contributed by atoms with Gasteiger partial charge in [0.25, 0.3) is 0 Å². The third-order valence-electron chi connectivity index (χ3n) is 3.69. The summed E-state index contributed by atoms with van der Waals surface area (Å²) in [4.78, 5) is 9.69. The minimum Gasteiger partial charge on any atom is -0.366 e. The Hall–Kier alpha value is -1.56. The van der Waals surface area contributed by atoms with Crippen molar-refractivity contribution in [2.24, 2.45) is 4.99 Å². The van der Waals surface area contributed by atoms with Crippen LogP contribution in [0.5, 0.6) is 0 Å². The maximum absolute atomic E-state index is 12.0. The Kier molecular flexibility index (Phi) is 4.12. The highest BCUT2D eigenvalue weighted by atomic mass is 35.5. The van der Waals surface area contributed by atoms with Crippen LogP contribution in [0.4, 0.5) is 13.2 Å². The van der Waals surface area contributed by atoms with Crippen LogP contribution in [0.15, 0.2) is 22.8 Å². The number of aromatic nitrogens is 1. The lowest BCUT2D eigenvalue weighted by atomic mass is 10.1. The molecule has 0 spiro atoms. The number of rotatable bonds is 4. The number of hydrogen-bond donors (Lipinski definition) is 0. The Morgan fingerprint density at radius 1 is 1.36 bits per heavy atom. The lowest BCUT2D eigenvalue weighted by molar-refractivity contribution is -0.118. The molecular formula is C15H15ClF3N3. The van der Waals surface area contributed by atoms with Crippen LogP contribution in [-0.4, -0.2) is 35.4 Å². The summed E-state index contributed by atoms with van der Waals surface area (Å²) in [5, 5.41) is 0.504. The van der Waals surface area contributed by atoms with Crippen molar-refractivity contribution in [1.29, 1.82) is 0 Å². The van der Waals surface area contributed by atoms with Crippen LogP contribution >= 0.6 is 11.6 Å². The van der Waals surface area contributed by atoms with Gasteiger partial charge in [0.2, 0.25) is 0 Å². The molecule has 22 heavy (non-hydrogen) atoms. The summed E-state index contributed by atoms with van der Waals surface area (Å²) in [6.45, 7) is 0.177. The highest BCUT2D eigenvalue weighted by molar-refractivity contribution is 6.30. The summed E-state index contributed by atoms with van der Waals surface area (Å²) in [6, 6.07) is 1.96. The molecule has 1 aromatic rings. The number of nitrogens with zero attached hydrogens (tertiary/aromatic N) is 3. The topological polar surface area (TPSA) is 28.5 Å². The predicted octanol–water partition coefficient (Wildman–Crippen LogP) is 4.08. The second kappa shape index (κ2) is 5.91. The van der Waals surface area contributed by atoms with Crippen molar-refractivity contribution < 1.29 is 13.2 Å². The summed E-state index contributed by atoms with van der Waals surface area (Å²) >= 11 is 6.15. The lowest BCUT2D eigenvalue weighted by Crippen LogP contribution is -2.18. The van der Waals surface area contributed by atoms with Gasteiger partial charge in [-0.15, -0.1) is 0 Å². The first-order chi connectivity index (χ1) is 10.5. The Balaban J connectivity index is 1.66. The zero-order valence-electron chi connectivity index (χ0n) is 11.8. The summed E-state index contributed by atoms with van der Waals surface area (Å²) in [5.74, 6) is 0. The van der Waals surface area contributed by atoms with Gasteiger partial charge in [0, 0.05) is 42.3 Å². The van der Waals surface area contributed by atoms with E-state index in [0.29, 0.717) is 24.7 Å². The first kappa shape index (κ1) is 15.3. The van der Waals surface area contributed by atoms with Gasteiger partial charge in [-0.3, -0.25) is 4.99 Å². The molecule has 0 radical (unpaired) electrons. The van der Waals surface area contributed by atoms with Crippen LogP contribution in [0, 0.1) is 0 Å². The van der Waals surface area contributed by atoms with E-state index in [4.69, 9.17) is 11.6 Å². The van der Waals surface area contributed by atoms with E-state index < -0.39 is 12.7 Å². The lowest BCUT2D eigenvalue weighted by Gasteiger charge is -2.19. The predicted molar refractivity (Wildman–Crippen MR) is 79.8 cm³/mol. The molecule has 1 aliphatic heterocycles. The third kappa shape index (κ3) is 3.43. The van der Waals surface area contributed by atoms with Gasteiger partial charge in [-0.1, -0.05) is 11.6 Å². The largest absolute Gasteiger partial charge is 0.407 e. The van der Waals surface area contributed by atoms with Crippen molar-refractivity contribution in [1.82, 2.24) is 9.88 Å². The molecule has 1 aromatic heterocycles. The SMILES string of the molecule is FC(F)(F)CN=CCCN1Cc2c(ccnc2Cl)C1=C1CC1. The molecule has 0 unspecified atom stereocenters. The number of halogens is 4. The maximum Gasteiger partial charge on any atom is 0.407 e. The number of fused-ring (bicyclic) bond motifs is 1. The molecule has 0 saturated heterocycles. The first-order valence-corrected chi connectivity index (χ1v) is 7.49. The summed E-state index contributed by atoms with van der Waals surface area (Å²) < 4.78 is 36.1. The minimum atomic E-state index is -4.24. The molecule has 0 bridgehead atoms. The van der Waals surface area contributed by atoms with Crippen molar-refractivity contribution in [3.8, 4) is 0 Å². The molecule has 3 rings (SSSR count). The van der Waals surface area contributed by atoms with Crippen molar-refractivity contribution in [3.63, 3.8) is 0 Å². The smallest absolute Gasteiger partial charge is 0.366 e. The van der Waals surface area contributed by atoms with Crippen molar-refractivity contribution in [3.05, 3.63) is 34.1 Å². The van der Waals surface area contributed by atoms with E-state index >= 15 is 0 Å². The van der Waals surface area contributed by atoms with E-state index in [-0.39, 0.29) is 0 Å². The van der Waals surface area contributed by atoms with Crippen molar-refractivity contribution >= 4 is 23.5 Å². The van der Waals surface area contributed by atoms with E-state index in [1.807, 2.05) is 6.07 Å². The van der Waals surface area contributed by atoms with Crippen LogP contribution in [0.25, 0.3) is 5.70 Å². The highest BCUT2D eigenvalue weighted by Gasteiger charge is 2.31. The first-order valence-electron chi connectivity index (χ1n) is 7.11. The zero-order valence-corrected chi connectivity index (χ0v) is 12.6. The Morgan fingerprint density at radius 2 is 2.14 bits per heavy atom. The van der Waals surface area contributed by atoms with E-state index in [2.05, 4.69) is 14.9 Å². The number of allylic oxidation sites excluding steroid dienone is 1. The Morgan fingerprint density at radius 3 is 2.82 bits per heavy atom. The van der Waals surface area contributed by atoms with E-state index in [9.17, 15) is 13.2 Å². The van der Waals surface area contributed by atoms with Gasteiger partial charge in [0.05, 0.1) is 0 Å². The minimum absolute atomic E-state index is 0.478. The normalized spacial score (nSPS) is 17.5. The number of alkyl halides is 3. The van der Waals surface area contributed by atoms with E-state index in [1.165, 1.54) is 17.5 Å². The van der Waals surface area contributed by atoms with Gasteiger partial charge in [0.15, 0.2) is 0 Å². The molecule has 1 fully saturated rings. The molecule has 7 heteroatoms. The van der Waals surface area contributed by atoms with Crippen LogP contribution in [-0.2, 0) is 6.54 Å². The van der Waals surface area contributed by atoms with Gasteiger partial charge in [-0.2, -0.15) is 13.2 Å². The average Bonchev–Trinajstić information content (AvgIpc) is 3.19. The average molecular weight is 330 g/mol. The summed E-state index contributed by atoms with van der Waals surface area (Å²) in [7, 11) is 0. The van der Waals surface area contributed by atoms with Crippen molar-refractivity contribution in [2.75, 3.05) is 13.1 Å². The molecule has 3 nitrogen and oxygen atoms in total. The molecule has 1 saturated carbocycles. The van der Waals surface area contributed by atoms with Gasteiger partial charge in [-0.25, -0.2) is 4.98 Å². The maximum atomic E-state index is 12.0. The Labute approximate surface area is 131 Å². The molecule has 2 heterocycles. The second-order valence-electron chi connectivity index (χ2n) is 5.43. The fraction of sp³-hybridized carbons (Fsp3) is 0.467. The third-order valence-corrected chi connectivity index (χ3v) is 4.01. The monoisotopic (exact) mass is 329 g/mol. The van der Waals surface area contributed by atoms with Gasteiger partial charge in [0.1, 0.15) is 11.7 Å². The van der Waals surface area contributed by atoms with Crippen LogP contribution in [0.3, 0.4) is 0 Å². The van der Waals surface area contributed by atoms with Crippen LogP contribution < -0.4 is 0 Å². The quantitative estimate of drug-likeness (QED) is 0.615. The molecule has 118 valence electrons. The fourth-order valence-electron chi connectivity index (χ4n) is 2.66. The Bertz CT molecular complexity index is 631. The summed E-state index contributed by atoms with van der Waals surface area (Å²) in [6.07, 6.45) is 1.44. The molecular weight excluding hydrogens is 315 g/mol. The second-order valence-corrected chi connectivity index (χ2v) is 5.79. The van der Waals surface area contributed by atoms with Crippen molar-refractivity contribution in [2.45, 2.75) is 32.0 Å². The number of pyridine rings is 1. The molecule has 0 aromatic carbocycles. The van der Waals surface area contributed by atoms with E-state index in [1.54, 1.807) is 6.20 Å². The van der Waals surface area contributed by atoms with E-state index in [0.717, 1.165) is 24.0 Å².